The van der Waals surface area contributed by atoms with Crippen LogP contribution in [0, 0.1) is 12.7 Å². The van der Waals surface area contributed by atoms with Gasteiger partial charge in [-0.3, -0.25) is 24.7 Å². The zero-order chi connectivity index (χ0) is 21.3. The fourth-order valence-corrected chi connectivity index (χ4v) is 4.34. The number of imide groups is 1. The van der Waals surface area contributed by atoms with E-state index in [4.69, 9.17) is 0 Å². The van der Waals surface area contributed by atoms with Gasteiger partial charge in [-0.15, -0.1) is 22.6 Å². The van der Waals surface area contributed by atoms with Crippen LogP contribution < -0.4 is 10.6 Å². The summed E-state index contributed by atoms with van der Waals surface area (Å²) in [4.78, 5) is 40.7. The number of aromatic nitrogens is 2. The minimum absolute atomic E-state index is 0. The molecule has 0 atom stereocenters. The van der Waals surface area contributed by atoms with Crippen molar-refractivity contribution in [1.82, 2.24) is 25.3 Å². The van der Waals surface area contributed by atoms with Crippen LogP contribution in [0.5, 0.6) is 0 Å². The van der Waals surface area contributed by atoms with Crippen LogP contribution in [0.25, 0.3) is 0 Å². The van der Waals surface area contributed by atoms with Crippen molar-refractivity contribution in [2.45, 2.75) is 31.8 Å². The van der Waals surface area contributed by atoms with Crippen molar-refractivity contribution in [1.29, 1.82) is 0 Å². The minimum atomic E-state index is -0.944. The van der Waals surface area contributed by atoms with Gasteiger partial charge in [0.25, 0.3) is 5.91 Å². The van der Waals surface area contributed by atoms with E-state index in [1.54, 1.807) is 12.1 Å². The third-order valence-electron chi connectivity index (χ3n) is 5.35. The molecule has 31 heavy (non-hydrogen) atoms. The lowest BCUT2D eigenvalue weighted by atomic mass is 9.87. The summed E-state index contributed by atoms with van der Waals surface area (Å²) in [5.41, 5.74) is -0.265. The molecule has 2 saturated heterocycles. The number of piperidine rings is 1. The van der Waals surface area contributed by atoms with E-state index >= 15 is 0 Å². The van der Waals surface area contributed by atoms with Gasteiger partial charge in [-0.25, -0.2) is 9.18 Å². The van der Waals surface area contributed by atoms with E-state index in [0.717, 1.165) is 5.01 Å². The number of benzene rings is 1. The number of likely N-dealkylation sites (tertiary alicyclic amines) is 1. The van der Waals surface area contributed by atoms with E-state index in [2.05, 4.69) is 20.8 Å². The lowest BCUT2D eigenvalue weighted by Crippen LogP contribution is -2.55. The van der Waals surface area contributed by atoms with Crippen LogP contribution in [0.1, 0.15) is 23.4 Å². The Morgan fingerprint density at radius 2 is 1.90 bits per heavy atom. The van der Waals surface area contributed by atoms with Gasteiger partial charge in [0, 0.05) is 13.1 Å². The Morgan fingerprint density at radius 3 is 2.52 bits per heavy atom. The fourth-order valence-electron chi connectivity index (χ4n) is 3.73. The first-order chi connectivity index (χ1) is 14.3. The fraction of sp³-hybridized carbons (Fsp3) is 0.421. The van der Waals surface area contributed by atoms with Crippen LogP contribution in [-0.4, -0.2) is 63.0 Å². The van der Waals surface area contributed by atoms with Crippen LogP contribution in [0.2, 0.25) is 0 Å². The standard InChI is InChI=1S/C19H21FN6O3S.ClH/c1-12-23-24-17(30-12)21-15(27)11-25-8-6-19(7-9-25)16(28)26(18(29)22-19)10-13-2-4-14(20)5-3-13;/h2-5H,6-11H2,1H3,(H,22,29)(H,21,24,27);1H. The highest BCUT2D eigenvalue weighted by atomic mass is 35.5. The molecule has 0 unspecified atom stereocenters. The Bertz CT molecular complexity index is 977. The molecule has 12 heteroatoms. The molecule has 0 saturated carbocycles. The highest BCUT2D eigenvalue weighted by Gasteiger charge is 2.52. The van der Waals surface area contributed by atoms with E-state index in [1.165, 1.54) is 28.4 Å². The number of amides is 4. The van der Waals surface area contributed by atoms with Crippen molar-refractivity contribution in [2.24, 2.45) is 0 Å². The molecule has 4 amide bonds. The van der Waals surface area contributed by atoms with E-state index in [-0.39, 0.29) is 43.1 Å². The van der Waals surface area contributed by atoms with Gasteiger partial charge in [-0.05, 0) is 37.5 Å². The number of rotatable bonds is 5. The van der Waals surface area contributed by atoms with E-state index < -0.39 is 11.6 Å². The maximum Gasteiger partial charge on any atom is 0.325 e. The molecule has 2 aliphatic rings. The maximum absolute atomic E-state index is 13.1. The second-order valence-electron chi connectivity index (χ2n) is 7.48. The number of hydrogen-bond acceptors (Lipinski definition) is 7. The summed E-state index contributed by atoms with van der Waals surface area (Å²) in [6.45, 7) is 3.08. The van der Waals surface area contributed by atoms with Gasteiger partial charge in [0.05, 0.1) is 13.1 Å². The molecule has 9 nitrogen and oxygen atoms in total. The van der Waals surface area contributed by atoms with Crippen LogP contribution >= 0.6 is 23.7 Å². The molecule has 1 aromatic carbocycles. The molecule has 0 radical (unpaired) electrons. The summed E-state index contributed by atoms with van der Waals surface area (Å²) in [6, 6.07) is 5.28. The summed E-state index contributed by atoms with van der Waals surface area (Å²) < 4.78 is 13.1. The van der Waals surface area contributed by atoms with Crippen molar-refractivity contribution in [3.63, 3.8) is 0 Å². The highest BCUT2D eigenvalue weighted by molar-refractivity contribution is 7.15. The molecule has 2 aliphatic heterocycles. The molecular weight excluding hydrogens is 447 g/mol. The number of nitrogens with one attached hydrogen (secondary N) is 2. The van der Waals surface area contributed by atoms with Crippen LogP contribution in [0.4, 0.5) is 14.3 Å². The molecule has 0 aliphatic carbocycles. The molecule has 0 bridgehead atoms. The third kappa shape index (κ3) is 5.00. The SMILES string of the molecule is Cc1nnc(NC(=O)CN2CCC3(CC2)NC(=O)N(Cc2ccc(F)cc2)C3=O)s1.Cl. The van der Waals surface area contributed by atoms with Crippen LogP contribution in [0.15, 0.2) is 24.3 Å². The number of anilines is 1. The minimum Gasteiger partial charge on any atom is -0.323 e. The first kappa shape index (κ1) is 23.0. The molecule has 2 fully saturated rings. The Hall–Kier alpha value is -2.63. The molecule has 1 aromatic heterocycles. The Balaban J connectivity index is 0.00000272. The number of hydrogen-bond donors (Lipinski definition) is 2. The summed E-state index contributed by atoms with van der Waals surface area (Å²) in [5, 5.41) is 14.5. The predicted molar refractivity (Wildman–Crippen MR) is 114 cm³/mol. The summed E-state index contributed by atoms with van der Waals surface area (Å²) in [7, 11) is 0. The number of halogens is 2. The molecule has 3 heterocycles. The second-order valence-corrected chi connectivity index (χ2v) is 8.66. The van der Waals surface area contributed by atoms with Gasteiger partial charge < -0.3 is 5.32 Å². The third-order valence-corrected chi connectivity index (χ3v) is 6.10. The van der Waals surface area contributed by atoms with Crippen molar-refractivity contribution >= 4 is 46.7 Å². The van der Waals surface area contributed by atoms with Crippen molar-refractivity contribution < 1.29 is 18.8 Å². The zero-order valence-electron chi connectivity index (χ0n) is 16.8. The molecule has 2 N–H and O–H groups in total. The average molecular weight is 469 g/mol. The molecule has 4 rings (SSSR count). The van der Waals surface area contributed by atoms with Crippen molar-refractivity contribution in [3.05, 3.63) is 40.7 Å². The smallest absolute Gasteiger partial charge is 0.323 e. The van der Waals surface area contributed by atoms with Crippen LogP contribution in [0.3, 0.4) is 0 Å². The number of carbonyl (C=O) groups is 3. The Labute approximate surface area is 188 Å². The normalized spacial score (nSPS) is 18.1. The summed E-state index contributed by atoms with van der Waals surface area (Å²) >= 11 is 1.30. The summed E-state index contributed by atoms with van der Waals surface area (Å²) in [5.74, 6) is -0.836. The molecule has 2 aromatic rings. The maximum atomic E-state index is 13.1. The number of nitrogens with zero attached hydrogens (tertiary/aromatic N) is 4. The largest absolute Gasteiger partial charge is 0.325 e. The van der Waals surface area contributed by atoms with Crippen molar-refractivity contribution in [2.75, 3.05) is 25.0 Å². The number of carbonyl (C=O) groups excluding carboxylic acids is 3. The lowest BCUT2D eigenvalue weighted by molar-refractivity contribution is -0.133. The molecular formula is C19H22ClFN6O3S. The van der Waals surface area contributed by atoms with Gasteiger partial charge >= 0.3 is 6.03 Å². The predicted octanol–water partition coefficient (Wildman–Crippen LogP) is 1.93. The topological polar surface area (TPSA) is 108 Å². The monoisotopic (exact) mass is 468 g/mol. The van der Waals surface area contributed by atoms with Crippen molar-refractivity contribution in [3.8, 4) is 0 Å². The lowest BCUT2D eigenvalue weighted by Gasteiger charge is -2.36. The number of aryl methyl sites for hydroxylation is 1. The van der Waals surface area contributed by atoms with Gasteiger partial charge in [-0.1, -0.05) is 23.5 Å². The number of urea groups is 1. The summed E-state index contributed by atoms with van der Waals surface area (Å²) in [6.07, 6.45) is 0.839. The first-order valence-corrected chi connectivity index (χ1v) is 10.4. The molecule has 166 valence electrons. The van der Waals surface area contributed by atoms with E-state index in [9.17, 15) is 18.8 Å². The zero-order valence-corrected chi connectivity index (χ0v) is 18.4. The average Bonchev–Trinajstić information content (AvgIpc) is 3.21. The quantitative estimate of drug-likeness (QED) is 0.649. The van der Waals surface area contributed by atoms with Crippen LogP contribution in [-0.2, 0) is 16.1 Å². The van der Waals surface area contributed by atoms with Gasteiger partial charge in [0.1, 0.15) is 16.4 Å². The van der Waals surface area contributed by atoms with Gasteiger partial charge in [0.2, 0.25) is 11.0 Å². The highest BCUT2D eigenvalue weighted by Crippen LogP contribution is 2.30. The first-order valence-electron chi connectivity index (χ1n) is 9.55. The van der Waals surface area contributed by atoms with E-state index in [0.29, 0.717) is 36.6 Å². The van der Waals surface area contributed by atoms with E-state index in [1.807, 2.05) is 11.8 Å². The Kier molecular flexibility index (Phi) is 6.87. The van der Waals surface area contributed by atoms with Gasteiger partial charge in [-0.2, -0.15) is 0 Å². The molecule has 1 spiro atoms. The van der Waals surface area contributed by atoms with Gasteiger partial charge in [0.15, 0.2) is 0 Å². The second kappa shape index (κ2) is 9.25. The Morgan fingerprint density at radius 1 is 1.23 bits per heavy atom.